The Balaban J connectivity index is 1.71. The SMILES string of the molecule is CCCCCCCCCCCCCCc1cccc(OC(CCC)OC(=O)C(C)C[N+](C)(C)Cc2ccccc2)c1. The highest BCUT2D eigenvalue weighted by Crippen LogP contribution is 2.21. The van der Waals surface area contributed by atoms with E-state index in [0.717, 1.165) is 29.6 Å². The summed E-state index contributed by atoms with van der Waals surface area (Å²) >= 11 is 0. The van der Waals surface area contributed by atoms with Crippen LogP contribution >= 0.6 is 0 Å². The van der Waals surface area contributed by atoms with E-state index in [9.17, 15) is 4.79 Å². The Hall–Kier alpha value is -2.33. The molecule has 41 heavy (non-hydrogen) atoms. The Morgan fingerprint density at radius 2 is 1.32 bits per heavy atom. The van der Waals surface area contributed by atoms with Crippen LogP contribution in [0.1, 0.15) is 122 Å². The second kappa shape index (κ2) is 20.5. The van der Waals surface area contributed by atoms with Crippen molar-refractivity contribution in [2.75, 3.05) is 20.6 Å². The van der Waals surface area contributed by atoms with Crippen LogP contribution in [0.5, 0.6) is 5.75 Å². The van der Waals surface area contributed by atoms with Crippen LogP contribution in [-0.2, 0) is 22.5 Å². The Labute approximate surface area is 252 Å². The Morgan fingerprint density at radius 1 is 0.732 bits per heavy atom. The first-order valence-corrected chi connectivity index (χ1v) is 16.6. The number of quaternary nitrogens is 1. The van der Waals surface area contributed by atoms with Crippen LogP contribution in [0.4, 0.5) is 0 Å². The van der Waals surface area contributed by atoms with E-state index in [1.54, 1.807) is 0 Å². The van der Waals surface area contributed by atoms with Gasteiger partial charge in [0.1, 0.15) is 18.2 Å². The summed E-state index contributed by atoms with van der Waals surface area (Å²) in [5.74, 6) is 0.393. The van der Waals surface area contributed by atoms with E-state index in [1.165, 1.54) is 88.2 Å². The number of benzene rings is 2. The Morgan fingerprint density at radius 3 is 1.93 bits per heavy atom. The van der Waals surface area contributed by atoms with Gasteiger partial charge in [0, 0.05) is 12.0 Å². The highest BCUT2D eigenvalue weighted by molar-refractivity contribution is 5.72. The largest absolute Gasteiger partial charge is 0.455 e. The number of nitrogens with zero attached hydrogens (tertiary/aromatic N) is 1. The fraction of sp³-hybridized carbons (Fsp3) is 0.649. The predicted octanol–water partition coefficient (Wildman–Crippen LogP) is 9.89. The first-order chi connectivity index (χ1) is 19.8. The summed E-state index contributed by atoms with van der Waals surface area (Å²) in [4.78, 5) is 13.0. The van der Waals surface area contributed by atoms with Gasteiger partial charge in [-0.3, -0.25) is 4.79 Å². The molecule has 0 saturated heterocycles. The van der Waals surface area contributed by atoms with Crippen molar-refractivity contribution in [1.29, 1.82) is 0 Å². The number of hydrogen-bond acceptors (Lipinski definition) is 3. The maximum absolute atomic E-state index is 13.0. The summed E-state index contributed by atoms with van der Waals surface area (Å²) in [5, 5.41) is 0. The average molecular weight is 567 g/mol. The molecule has 2 atom stereocenters. The average Bonchev–Trinajstić information content (AvgIpc) is 2.94. The smallest absolute Gasteiger partial charge is 0.317 e. The maximum Gasteiger partial charge on any atom is 0.317 e. The third-order valence-electron chi connectivity index (χ3n) is 7.88. The number of esters is 1. The summed E-state index contributed by atoms with van der Waals surface area (Å²) in [6.07, 6.45) is 18.5. The number of ether oxygens (including phenoxy) is 2. The number of rotatable bonds is 23. The predicted molar refractivity (Wildman–Crippen MR) is 173 cm³/mol. The molecule has 0 aromatic heterocycles. The van der Waals surface area contributed by atoms with Crippen molar-refractivity contribution >= 4 is 5.97 Å². The Kier molecular flexibility index (Phi) is 17.5. The van der Waals surface area contributed by atoms with Crippen LogP contribution < -0.4 is 4.74 Å². The summed E-state index contributed by atoms with van der Waals surface area (Å²) in [6.45, 7) is 7.92. The minimum atomic E-state index is -0.554. The molecule has 0 saturated carbocycles. The molecule has 0 heterocycles. The molecule has 0 N–H and O–H groups in total. The van der Waals surface area contributed by atoms with Gasteiger partial charge < -0.3 is 14.0 Å². The lowest BCUT2D eigenvalue weighted by atomic mass is 10.0. The molecule has 4 heteroatoms. The van der Waals surface area contributed by atoms with Gasteiger partial charge >= 0.3 is 5.97 Å². The van der Waals surface area contributed by atoms with Gasteiger partial charge in [-0.25, -0.2) is 0 Å². The third kappa shape index (κ3) is 16.0. The summed E-state index contributed by atoms with van der Waals surface area (Å²) < 4.78 is 12.8. The van der Waals surface area contributed by atoms with Gasteiger partial charge in [-0.2, -0.15) is 0 Å². The molecule has 0 amide bonds. The van der Waals surface area contributed by atoms with E-state index < -0.39 is 6.29 Å². The zero-order valence-corrected chi connectivity index (χ0v) is 27.0. The number of unbranched alkanes of at least 4 members (excludes halogenated alkanes) is 11. The molecule has 2 unspecified atom stereocenters. The first kappa shape index (κ1) is 34.9. The number of carbonyl (C=O) groups excluding carboxylic acids is 1. The molecule has 0 spiro atoms. The molecule has 0 aliphatic heterocycles. The summed E-state index contributed by atoms with van der Waals surface area (Å²) in [7, 11) is 4.33. The van der Waals surface area contributed by atoms with Crippen LogP contribution in [0.15, 0.2) is 54.6 Å². The molecule has 2 aromatic rings. The molecule has 0 radical (unpaired) electrons. The lowest BCUT2D eigenvalue weighted by molar-refractivity contribution is -0.905. The topological polar surface area (TPSA) is 35.5 Å². The number of carbonyl (C=O) groups is 1. The lowest BCUT2D eigenvalue weighted by Crippen LogP contribution is -2.44. The van der Waals surface area contributed by atoms with Gasteiger partial charge in [-0.05, 0) is 43.9 Å². The van der Waals surface area contributed by atoms with Crippen molar-refractivity contribution in [1.82, 2.24) is 0 Å². The van der Waals surface area contributed by atoms with Crippen LogP contribution in [-0.4, -0.2) is 37.4 Å². The van der Waals surface area contributed by atoms with Crippen LogP contribution in [0.25, 0.3) is 0 Å². The van der Waals surface area contributed by atoms with E-state index in [2.05, 4.69) is 70.4 Å². The van der Waals surface area contributed by atoms with E-state index in [1.807, 2.05) is 19.1 Å². The Bertz CT molecular complexity index is 942. The second-order valence-electron chi connectivity index (χ2n) is 12.7. The minimum absolute atomic E-state index is 0.185. The van der Waals surface area contributed by atoms with Gasteiger partial charge in [-0.1, -0.05) is 127 Å². The molecule has 230 valence electrons. The molecule has 2 rings (SSSR count). The molecule has 0 fully saturated rings. The molecule has 0 aliphatic rings. The van der Waals surface area contributed by atoms with Crippen LogP contribution in [0, 0.1) is 5.92 Å². The van der Waals surface area contributed by atoms with Gasteiger partial charge in [0.25, 0.3) is 0 Å². The monoisotopic (exact) mass is 566 g/mol. The minimum Gasteiger partial charge on any atom is -0.455 e. The molecule has 4 nitrogen and oxygen atoms in total. The van der Waals surface area contributed by atoms with E-state index in [-0.39, 0.29) is 11.9 Å². The summed E-state index contributed by atoms with van der Waals surface area (Å²) in [6, 6.07) is 18.8. The maximum atomic E-state index is 13.0. The normalized spacial score (nSPS) is 13.1. The fourth-order valence-electron chi connectivity index (χ4n) is 5.68. The van der Waals surface area contributed by atoms with E-state index in [0.29, 0.717) is 13.0 Å². The first-order valence-electron chi connectivity index (χ1n) is 16.6. The fourth-order valence-corrected chi connectivity index (χ4v) is 5.68. The van der Waals surface area contributed by atoms with Crippen molar-refractivity contribution in [3.8, 4) is 5.75 Å². The van der Waals surface area contributed by atoms with Crippen molar-refractivity contribution in [2.45, 2.75) is 130 Å². The lowest BCUT2D eigenvalue weighted by Gasteiger charge is -2.32. The van der Waals surface area contributed by atoms with Crippen molar-refractivity contribution in [2.24, 2.45) is 5.92 Å². The molecular weight excluding hydrogens is 506 g/mol. The van der Waals surface area contributed by atoms with Gasteiger partial charge in [0.2, 0.25) is 6.29 Å². The summed E-state index contributed by atoms with van der Waals surface area (Å²) in [5.41, 5.74) is 2.57. The highest BCUT2D eigenvalue weighted by atomic mass is 16.7. The molecular formula is C37H60NO3+. The molecule has 0 bridgehead atoms. The van der Waals surface area contributed by atoms with Crippen molar-refractivity contribution < 1.29 is 18.8 Å². The van der Waals surface area contributed by atoms with E-state index >= 15 is 0 Å². The second-order valence-corrected chi connectivity index (χ2v) is 12.7. The van der Waals surface area contributed by atoms with Crippen molar-refractivity contribution in [3.05, 3.63) is 65.7 Å². The van der Waals surface area contributed by atoms with Gasteiger partial charge in [0.05, 0.1) is 20.6 Å². The van der Waals surface area contributed by atoms with Crippen LogP contribution in [0.3, 0.4) is 0 Å². The zero-order chi connectivity index (χ0) is 29.8. The number of aryl methyl sites for hydroxylation is 1. The van der Waals surface area contributed by atoms with Gasteiger partial charge in [0.15, 0.2) is 0 Å². The van der Waals surface area contributed by atoms with Crippen LogP contribution in [0.2, 0.25) is 0 Å². The molecule has 2 aromatic carbocycles. The van der Waals surface area contributed by atoms with Crippen molar-refractivity contribution in [3.63, 3.8) is 0 Å². The third-order valence-corrected chi connectivity index (χ3v) is 7.88. The molecule has 0 aliphatic carbocycles. The van der Waals surface area contributed by atoms with E-state index in [4.69, 9.17) is 9.47 Å². The number of hydrogen-bond donors (Lipinski definition) is 0. The van der Waals surface area contributed by atoms with Gasteiger partial charge in [-0.15, -0.1) is 0 Å². The zero-order valence-electron chi connectivity index (χ0n) is 27.0. The highest BCUT2D eigenvalue weighted by Gasteiger charge is 2.28. The standard InChI is InChI=1S/C37H60NO3/c1-6-8-9-10-11-12-13-14-15-16-17-19-24-33-27-22-28-35(29-33)40-36(23-7-2)41-37(39)32(3)30-38(4,5)31-34-25-20-18-21-26-34/h18,20-22,25-29,32,36H,6-17,19,23-24,30-31H2,1-5H3/q+1. The quantitative estimate of drug-likeness (QED) is 0.0581.